The summed E-state index contributed by atoms with van der Waals surface area (Å²) in [5, 5.41) is 0. The molecule has 3 heteroatoms. The van der Waals surface area contributed by atoms with Crippen molar-refractivity contribution < 1.29 is 4.55 Å². The third-order valence-electron chi connectivity index (χ3n) is 3.17. The molecule has 17 heavy (non-hydrogen) atoms. The van der Waals surface area contributed by atoms with E-state index in [0.717, 1.165) is 12.8 Å². The summed E-state index contributed by atoms with van der Waals surface area (Å²) in [5.41, 5.74) is 2.73. The highest BCUT2D eigenvalue weighted by atomic mass is 32.2. The summed E-state index contributed by atoms with van der Waals surface area (Å²) in [6.45, 7) is 6.01. The van der Waals surface area contributed by atoms with Crippen molar-refractivity contribution in [2.24, 2.45) is 0 Å². The Hall–Kier alpha value is -0.510. The Kier molecular flexibility index (Phi) is 3.81. The van der Waals surface area contributed by atoms with Crippen LogP contribution in [0.3, 0.4) is 0 Å². The lowest BCUT2D eigenvalue weighted by Gasteiger charge is -2.31. The van der Waals surface area contributed by atoms with Crippen molar-refractivity contribution in [1.29, 1.82) is 0 Å². The van der Waals surface area contributed by atoms with Gasteiger partial charge in [-0.15, -0.1) is 4.72 Å². The van der Waals surface area contributed by atoms with Crippen LogP contribution < -0.4 is 4.72 Å². The first-order valence-corrected chi connectivity index (χ1v) is 7.39. The van der Waals surface area contributed by atoms with Crippen LogP contribution in [0, 0.1) is 0 Å². The minimum absolute atomic E-state index is 0.202. The molecule has 0 heterocycles. The fourth-order valence-electron chi connectivity index (χ4n) is 2.18. The third kappa shape index (κ3) is 3.03. The quantitative estimate of drug-likeness (QED) is 0.820. The predicted octanol–water partition coefficient (Wildman–Crippen LogP) is 3.12. The van der Waals surface area contributed by atoms with E-state index in [1.165, 1.54) is 17.5 Å². The first-order valence-electron chi connectivity index (χ1n) is 6.24. The van der Waals surface area contributed by atoms with Gasteiger partial charge in [0.1, 0.15) is 4.75 Å². The van der Waals surface area contributed by atoms with E-state index in [2.05, 4.69) is 29.0 Å². The SMILES string of the molecule is CC(C)(C)[S@@+]([O-])N[C@@H]1CCCc2ccccc21. The summed E-state index contributed by atoms with van der Waals surface area (Å²) in [6, 6.07) is 8.75. The van der Waals surface area contributed by atoms with Crippen molar-refractivity contribution >= 4 is 11.4 Å². The van der Waals surface area contributed by atoms with Crippen molar-refractivity contribution in [3.05, 3.63) is 35.4 Å². The van der Waals surface area contributed by atoms with E-state index in [0.29, 0.717) is 0 Å². The number of rotatable bonds is 2. The van der Waals surface area contributed by atoms with Gasteiger partial charge in [0.15, 0.2) is 0 Å². The van der Waals surface area contributed by atoms with Gasteiger partial charge in [0, 0.05) is 11.4 Å². The van der Waals surface area contributed by atoms with E-state index >= 15 is 0 Å². The maximum Gasteiger partial charge on any atom is 0.136 e. The largest absolute Gasteiger partial charge is 0.598 e. The molecule has 0 amide bonds. The van der Waals surface area contributed by atoms with Gasteiger partial charge in [0.2, 0.25) is 0 Å². The van der Waals surface area contributed by atoms with E-state index in [-0.39, 0.29) is 10.8 Å². The molecule has 0 radical (unpaired) electrons. The summed E-state index contributed by atoms with van der Waals surface area (Å²) < 4.78 is 15.2. The van der Waals surface area contributed by atoms with Crippen molar-refractivity contribution in [1.82, 2.24) is 4.72 Å². The standard InChI is InChI=1S/C14H21NOS/c1-14(2,3)17(16)15-13-10-6-8-11-7-4-5-9-12(11)13/h4-5,7,9,13,15H,6,8,10H2,1-3H3/t13-,17-/m1/s1. The zero-order valence-corrected chi connectivity index (χ0v) is 11.6. The van der Waals surface area contributed by atoms with E-state index in [1.807, 2.05) is 20.8 Å². The fourth-order valence-corrected chi connectivity index (χ4v) is 3.04. The summed E-state index contributed by atoms with van der Waals surface area (Å²) >= 11 is -0.992. The van der Waals surface area contributed by atoms with E-state index in [9.17, 15) is 4.55 Å². The molecule has 2 atom stereocenters. The number of benzene rings is 1. The van der Waals surface area contributed by atoms with Gasteiger partial charge in [-0.3, -0.25) is 0 Å². The maximum atomic E-state index is 12.1. The molecular formula is C14H21NOS. The number of aryl methyl sites for hydroxylation is 1. The summed E-state index contributed by atoms with van der Waals surface area (Å²) in [5.74, 6) is 0. The number of nitrogens with one attached hydrogen (secondary N) is 1. The average molecular weight is 251 g/mol. The zero-order chi connectivity index (χ0) is 12.5. The van der Waals surface area contributed by atoms with Crippen LogP contribution in [0.25, 0.3) is 0 Å². The Morgan fingerprint density at radius 2 is 2.00 bits per heavy atom. The molecule has 1 aromatic carbocycles. The molecule has 2 nitrogen and oxygen atoms in total. The van der Waals surface area contributed by atoms with Crippen LogP contribution in [0.1, 0.15) is 50.8 Å². The molecule has 94 valence electrons. The Labute approximate surface area is 107 Å². The Morgan fingerprint density at radius 3 is 2.71 bits per heavy atom. The zero-order valence-electron chi connectivity index (χ0n) is 10.8. The van der Waals surface area contributed by atoms with Gasteiger partial charge < -0.3 is 4.55 Å². The number of fused-ring (bicyclic) bond motifs is 1. The Balaban J connectivity index is 2.14. The topological polar surface area (TPSA) is 35.1 Å². The van der Waals surface area contributed by atoms with Gasteiger partial charge in [-0.05, 0) is 51.2 Å². The van der Waals surface area contributed by atoms with Gasteiger partial charge in [-0.25, -0.2) is 0 Å². The van der Waals surface area contributed by atoms with E-state index in [4.69, 9.17) is 0 Å². The van der Waals surface area contributed by atoms with Gasteiger partial charge >= 0.3 is 0 Å². The molecule has 1 aromatic rings. The molecular weight excluding hydrogens is 230 g/mol. The van der Waals surface area contributed by atoms with Gasteiger partial charge in [-0.1, -0.05) is 24.3 Å². The van der Waals surface area contributed by atoms with Crippen LogP contribution in [0.4, 0.5) is 0 Å². The van der Waals surface area contributed by atoms with Crippen LogP contribution in [-0.2, 0) is 17.8 Å². The summed E-state index contributed by atoms with van der Waals surface area (Å²) in [6.07, 6.45) is 3.41. The fraction of sp³-hybridized carbons (Fsp3) is 0.571. The maximum absolute atomic E-state index is 12.1. The predicted molar refractivity (Wildman–Crippen MR) is 73.2 cm³/mol. The molecule has 0 spiro atoms. The molecule has 2 rings (SSSR count). The van der Waals surface area contributed by atoms with Crippen molar-refractivity contribution in [2.45, 2.75) is 50.8 Å². The molecule has 0 fully saturated rings. The van der Waals surface area contributed by atoms with Crippen molar-refractivity contribution in [3.63, 3.8) is 0 Å². The summed E-state index contributed by atoms with van der Waals surface area (Å²) in [4.78, 5) is 0. The molecule has 0 aromatic heterocycles. The van der Waals surface area contributed by atoms with Gasteiger partial charge in [-0.2, -0.15) is 0 Å². The van der Waals surface area contributed by atoms with Crippen LogP contribution in [0.2, 0.25) is 0 Å². The third-order valence-corrected chi connectivity index (χ3v) is 4.79. The minimum Gasteiger partial charge on any atom is -0.598 e. The lowest BCUT2D eigenvalue weighted by atomic mass is 9.88. The Bertz CT molecular complexity index is 386. The van der Waals surface area contributed by atoms with E-state index in [1.54, 1.807) is 0 Å². The average Bonchev–Trinajstić information content (AvgIpc) is 2.28. The molecule has 1 N–H and O–H groups in total. The van der Waals surface area contributed by atoms with E-state index < -0.39 is 11.4 Å². The minimum atomic E-state index is -0.992. The second kappa shape index (κ2) is 5.01. The highest BCUT2D eigenvalue weighted by Crippen LogP contribution is 2.31. The lowest BCUT2D eigenvalue weighted by molar-refractivity contribution is 0.489. The summed E-state index contributed by atoms with van der Waals surface area (Å²) in [7, 11) is 0. The van der Waals surface area contributed by atoms with Gasteiger partial charge in [0.25, 0.3) is 0 Å². The molecule has 0 saturated heterocycles. The number of hydrogen-bond donors (Lipinski definition) is 1. The first-order chi connectivity index (χ1) is 7.98. The van der Waals surface area contributed by atoms with Crippen LogP contribution in [0.15, 0.2) is 24.3 Å². The highest BCUT2D eigenvalue weighted by molar-refractivity contribution is 7.90. The second-order valence-electron chi connectivity index (χ2n) is 5.64. The molecule has 1 aliphatic rings. The van der Waals surface area contributed by atoms with Crippen LogP contribution in [0.5, 0.6) is 0 Å². The van der Waals surface area contributed by atoms with Crippen molar-refractivity contribution in [2.75, 3.05) is 0 Å². The Morgan fingerprint density at radius 1 is 1.29 bits per heavy atom. The first kappa shape index (κ1) is 12.9. The van der Waals surface area contributed by atoms with Crippen LogP contribution >= 0.6 is 0 Å². The molecule has 0 unspecified atom stereocenters. The lowest BCUT2D eigenvalue weighted by Crippen LogP contribution is -2.42. The normalized spacial score (nSPS) is 22.0. The van der Waals surface area contributed by atoms with Gasteiger partial charge in [0.05, 0.1) is 6.04 Å². The molecule has 0 saturated carbocycles. The molecule has 1 aliphatic carbocycles. The second-order valence-corrected chi connectivity index (χ2v) is 7.64. The van der Waals surface area contributed by atoms with Crippen LogP contribution in [-0.4, -0.2) is 9.30 Å². The molecule has 0 aliphatic heterocycles. The monoisotopic (exact) mass is 251 g/mol. The molecule has 0 bridgehead atoms. The highest BCUT2D eigenvalue weighted by Gasteiger charge is 2.31. The van der Waals surface area contributed by atoms with Crippen molar-refractivity contribution in [3.8, 4) is 0 Å². The number of hydrogen-bond acceptors (Lipinski definition) is 2. The smallest absolute Gasteiger partial charge is 0.136 e.